The Morgan fingerprint density at radius 1 is 1.13 bits per heavy atom. The molecule has 3 rings (SSSR count). The van der Waals surface area contributed by atoms with E-state index in [9.17, 15) is 9.59 Å². The number of thioether (sulfide) groups is 1. The molecule has 0 unspecified atom stereocenters. The Balaban J connectivity index is 1.64. The zero-order valence-corrected chi connectivity index (χ0v) is 18.5. The lowest BCUT2D eigenvalue weighted by Crippen LogP contribution is -2.35. The first kappa shape index (κ1) is 22.0. The Kier molecular flexibility index (Phi) is 7.63. The van der Waals surface area contributed by atoms with Gasteiger partial charge in [0.1, 0.15) is 0 Å². The molecular formula is C23H28N2O4S. The third-order valence-electron chi connectivity index (χ3n) is 5.11. The highest BCUT2D eigenvalue weighted by Crippen LogP contribution is 2.32. The van der Waals surface area contributed by atoms with Crippen LogP contribution < -0.4 is 14.8 Å². The number of ether oxygens (including phenoxy) is 2. The molecule has 7 heteroatoms. The van der Waals surface area contributed by atoms with Crippen molar-refractivity contribution >= 4 is 29.3 Å². The minimum absolute atomic E-state index is 0.0514. The molecule has 0 heterocycles. The van der Waals surface area contributed by atoms with E-state index in [0.717, 1.165) is 23.4 Å². The van der Waals surface area contributed by atoms with Gasteiger partial charge in [0.05, 0.1) is 25.4 Å². The lowest BCUT2D eigenvalue weighted by Gasteiger charge is -2.19. The summed E-state index contributed by atoms with van der Waals surface area (Å²) in [6.45, 7) is -0.0514. The summed E-state index contributed by atoms with van der Waals surface area (Å²) in [5, 5.41) is 2.87. The van der Waals surface area contributed by atoms with E-state index < -0.39 is 0 Å². The molecule has 0 aromatic heterocycles. The second-order valence-electron chi connectivity index (χ2n) is 7.30. The quantitative estimate of drug-likeness (QED) is 0.629. The first-order valence-electron chi connectivity index (χ1n) is 10.0. The maximum Gasteiger partial charge on any atom is 0.254 e. The molecule has 0 aliphatic heterocycles. The van der Waals surface area contributed by atoms with Gasteiger partial charge in [0.2, 0.25) is 5.91 Å². The maximum atomic E-state index is 12.8. The molecular weight excluding hydrogens is 400 g/mol. The summed E-state index contributed by atoms with van der Waals surface area (Å²) in [5.41, 5.74) is 1.19. The van der Waals surface area contributed by atoms with Gasteiger partial charge in [-0.15, -0.1) is 11.8 Å². The summed E-state index contributed by atoms with van der Waals surface area (Å²) in [6.07, 6.45) is 6.60. The Labute approximate surface area is 181 Å². The van der Waals surface area contributed by atoms with Gasteiger partial charge in [-0.25, -0.2) is 0 Å². The summed E-state index contributed by atoms with van der Waals surface area (Å²) in [5.74, 6) is 0.670. The van der Waals surface area contributed by atoms with Crippen LogP contribution in [-0.4, -0.2) is 49.8 Å². The van der Waals surface area contributed by atoms with Crippen LogP contribution in [0.2, 0.25) is 0 Å². The second kappa shape index (κ2) is 10.4. The Morgan fingerprint density at radius 2 is 1.87 bits per heavy atom. The number of likely N-dealkylation sites (N-methyl/N-ethyl adjacent to an activating group) is 1. The van der Waals surface area contributed by atoms with E-state index in [1.54, 1.807) is 44.1 Å². The average Bonchev–Trinajstić information content (AvgIpc) is 3.27. The number of methoxy groups -OCH3 is 1. The van der Waals surface area contributed by atoms with Crippen molar-refractivity contribution < 1.29 is 19.1 Å². The van der Waals surface area contributed by atoms with Crippen molar-refractivity contribution in [2.24, 2.45) is 0 Å². The standard InChI is InChI=1S/C23H28N2O4S/c1-25(15-22(26)24-18-10-6-7-11-21(18)30-3)23(27)16-12-13-19(20(14-16)28-2)29-17-8-4-5-9-17/h6-7,10-14,17H,4-5,8-9,15H2,1-3H3,(H,24,26). The normalized spacial score (nSPS) is 13.7. The van der Waals surface area contributed by atoms with Crippen LogP contribution in [0.3, 0.4) is 0 Å². The van der Waals surface area contributed by atoms with Crippen molar-refractivity contribution in [3.8, 4) is 11.5 Å². The molecule has 2 amide bonds. The monoisotopic (exact) mass is 428 g/mol. The first-order valence-corrected chi connectivity index (χ1v) is 11.3. The van der Waals surface area contributed by atoms with E-state index in [0.29, 0.717) is 17.1 Å². The number of para-hydroxylation sites is 1. The van der Waals surface area contributed by atoms with Crippen LogP contribution in [-0.2, 0) is 4.79 Å². The topological polar surface area (TPSA) is 67.9 Å². The Bertz CT molecular complexity index is 897. The van der Waals surface area contributed by atoms with E-state index in [1.807, 2.05) is 30.5 Å². The molecule has 1 saturated carbocycles. The van der Waals surface area contributed by atoms with Crippen molar-refractivity contribution in [3.05, 3.63) is 48.0 Å². The third-order valence-corrected chi connectivity index (χ3v) is 5.91. The molecule has 0 bridgehead atoms. The number of nitrogens with zero attached hydrogens (tertiary/aromatic N) is 1. The summed E-state index contributed by atoms with van der Waals surface area (Å²) in [4.78, 5) is 27.6. The van der Waals surface area contributed by atoms with Gasteiger partial charge >= 0.3 is 0 Å². The summed E-state index contributed by atoms with van der Waals surface area (Å²) in [7, 11) is 3.17. The summed E-state index contributed by atoms with van der Waals surface area (Å²) < 4.78 is 11.5. The lowest BCUT2D eigenvalue weighted by atomic mass is 10.1. The third kappa shape index (κ3) is 5.48. The van der Waals surface area contributed by atoms with E-state index in [4.69, 9.17) is 9.47 Å². The number of anilines is 1. The predicted octanol–water partition coefficient (Wildman–Crippen LogP) is 4.45. The molecule has 1 aliphatic rings. The molecule has 0 saturated heterocycles. The number of nitrogens with one attached hydrogen (secondary N) is 1. The molecule has 6 nitrogen and oxygen atoms in total. The van der Waals surface area contributed by atoms with Gasteiger partial charge in [0, 0.05) is 17.5 Å². The van der Waals surface area contributed by atoms with Crippen molar-refractivity contribution in [1.29, 1.82) is 0 Å². The van der Waals surface area contributed by atoms with Crippen molar-refractivity contribution in [3.63, 3.8) is 0 Å². The van der Waals surface area contributed by atoms with Crippen LogP contribution in [0.4, 0.5) is 5.69 Å². The second-order valence-corrected chi connectivity index (χ2v) is 8.15. The maximum absolute atomic E-state index is 12.8. The highest BCUT2D eigenvalue weighted by atomic mass is 32.2. The van der Waals surface area contributed by atoms with Crippen molar-refractivity contribution in [2.45, 2.75) is 36.7 Å². The van der Waals surface area contributed by atoms with E-state index in [1.165, 1.54) is 17.7 Å². The molecule has 1 fully saturated rings. The van der Waals surface area contributed by atoms with Crippen molar-refractivity contribution in [2.75, 3.05) is 32.3 Å². The number of rotatable bonds is 8. The molecule has 160 valence electrons. The zero-order valence-electron chi connectivity index (χ0n) is 17.6. The molecule has 1 aliphatic carbocycles. The molecule has 0 atom stereocenters. The fourth-order valence-corrected chi connectivity index (χ4v) is 4.08. The highest BCUT2D eigenvalue weighted by Gasteiger charge is 2.21. The van der Waals surface area contributed by atoms with Gasteiger partial charge in [-0.05, 0) is 62.3 Å². The summed E-state index contributed by atoms with van der Waals surface area (Å²) >= 11 is 1.55. The fourth-order valence-electron chi connectivity index (χ4n) is 3.53. The number of carbonyl (C=O) groups excluding carboxylic acids is 2. The lowest BCUT2D eigenvalue weighted by molar-refractivity contribution is -0.116. The molecule has 0 spiro atoms. The zero-order chi connectivity index (χ0) is 21.5. The number of amides is 2. The van der Waals surface area contributed by atoms with Crippen LogP contribution in [0.15, 0.2) is 47.4 Å². The molecule has 30 heavy (non-hydrogen) atoms. The van der Waals surface area contributed by atoms with E-state index in [-0.39, 0.29) is 24.5 Å². The van der Waals surface area contributed by atoms with Crippen LogP contribution in [0, 0.1) is 0 Å². The Morgan fingerprint density at radius 3 is 2.57 bits per heavy atom. The Hall–Kier alpha value is -2.67. The molecule has 0 radical (unpaired) electrons. The first-order chi connectivity index (χ1) is 14.5. The number of hydrogen-bond donors (Lipinski definition) is 1. The average molecular weight is 429 g/mol. The van der Waals surface area contributed by atoms with Crippen LogP contribution in [0.25, 0.3) is 0 Å². The molecule has 2 aromatic carbocycles. The van der Waals surface area contributed by atoms with Gasteiger partial charge in [0.25, 0.3) is 5.91 Å². The van der Waals surface area contributed by atoms with Gasteiger partial charge in [-0.2, -0.15) is 0 Å². The van der Waals surface area contributed by atoms with Crippen LogP contribution in [0.5, 0.6) is 11.5 Å². The minimum Gasteiger partial charge on any atom is -0.493 e. The largest absolute Gasteiger partial charge is 0.493 e. The number of benzene rings is 2. The van der Waals surface area contributed by atoms with Crippen molar-refractivity contribution in [1.82, 2.24) is 4.90 Å². The number of carbonyl (C=O) groups is 2. The van der Waals surface area contributed by atoms with Crippen LogP contribution >= 0.6 is 11.8 Å². The number of hydrogen-bond acceptors (Lipinski definition) is 5. The van der Waals surface area contributed by atoms with Crippen LogP contribution in [0.1, 0.15) is 36.0 Å². The SMILES string of the molecule is COc1cc(C(=O)N(C)CC(=O)Nc2ccccc2SC)ccc1OC1CCCC1. The highest BCUT2D eigenvalue weighted by molar-refractivity contribution is 7.98. The van der Waals surface area contributed by atoms with Gasteiger partial charge in [0.15, 0.2) is 11.5 Å². The molecule has 1 N–H and O–H groups in total. The fraction of sp³-hybridized carbons (Fsp3) is 0.391. The van der Waals surface area contributed by atoms with Gasteiger partial charge in [-0.1, -0.05) is 12.1 Å². The van der Waals surface area contributed by atoms with E-state index >= 15 is 0 Å². The van der Waals surface area contributed by atoms with E-state index in [2.05, 4.69) is 5.32 Å². The van der Waals surface area contributed by atoms with Gasteiger partial charge < -0.3 is 19.7 Å². The minimum atomic E-state index is -0.256. The smallest absolute Gasteiger partial charge is 0.254 e. The predicted molar refractivity (Wildman–Crippen MR) is 120 cm³/mol. The molecule has 2 aromatic rings. The summed E-state index contributed by atoms with van der Waals surface area (Å²) in [6, 6.07) is 12.7. The van der Waals surface area contributed by atoms with Gasteiger partial charge in [-0.3, -0.25) is 9.59 Å².